The van der Waals surface area contributed by atoms with Gasteiger partial charge in [-0.15, -0.1) is 0 Å². The second kappa shape index (κ2) is 7.95. The zero-order valence-corrected chi connectivity index (χ0v) is 11.4. The average Bonchev–Trinajstić information content (AvgIpc) is 2.36. The molecule has 0 aromatic carbocycles. The smallest absolute Gasteiger partial charge is 0.219 e. The molecule has 4 nitrogen and oxygen atoms in total. The van der Waals surface area contributed by atoms with Gasteiger partial charge in [0.05, 0.1) is 0 Å². The molecular formula is C12H19N3OS. The fourth-order valence-corrected chi connectivity index (χ4v) is 1.51. The van der Waals surface area contributed by atoms with Gasteiger partial charge < -0.3 is 10.1 Å². The summed E-state index contributed by atoms with van der Waals surface area (Å²) in [4.78, 5) is 8.65. The van der Waals surface area contributed by atoms with Gasteiger partial charge in [0.2, 0.25) is 5.88 Å². The number of thioether (sulfide) groups is 1. The van der Waals surface area contributed by atoms with Crippen molar-refractivity contribution in [3.8, 4) is 5.88 Å². The molecule has 0 aliphatic heterocycles. The van der Waals surface area contributed by atoms with Crippen LogP contribution in [0.1, 0.15) is 20.3 Å². The summed E-state index contributed by atoms with van der Waals surface area (Å²) in [6.07, 6.45) is 6.91. The van der Waals surface area contributed by atoms with E-state index < -0.39 is 0 Å². The van der Waals surface area contributed by atoms with E-state index in [1.165, 1.54) is 11.8 Å². The molecule has 0 saturated carbocycles. The molecule has 1 N–H and O–H groups in total. The molecule has 0 bridgehead atoms. The minimum atomic E-state index is 0.536. The lowest BCUT2D eigenvalue weighted by Gasteiger charge is -2.08. The van der Waals surface area contributed by atoms with Crippen LogP contribution in [0.4, 0.5) is 5.82 Å². The van der Waals surface area contributed by atoms with E-state index in [0.717, 1.165) is 23.9 Å². The van der Waals surface area contributed by atoms with Crippen molar-refractivity contribution < 1.29 is 4.74 Å². The lowest BCUT2D eigenvalue weighted by Crippen LogP contribution is -2.05. The Bertz CT molecular complexity index is 369. The summed E-state index contributed by atoms with van der Waals surface area (Å²) in [7, 11) is 0. The molecule has 94 valence electrons. The second-order valence-electron chi connectivity index (χ2n) is 3.38. The van der Waals surface area contributed by atoms with Crippen LogP contribution in [0.25, 0.3) is 0 Å². The Balaban J connectivity index is 2.73. The molecule has 0 amide bonds. The van der Waals surface area contributed by atoms with Crippen molar-refractivity contribution in [3.05, 3.63) is 18.2 Å². The number of ether oxygens (including phenoxy) is 1. The zero-order valence-electron chi connectivity index (χ0n) is 10.6. The highest BCUT2D eigenvalue weighted by Gasteiger charge is 2.03. The monoisotopic (exact) mass is 253 g/mol. The van der Waals surface area contributed by atoms with Gasteiger partial charge in [0.25, 0.3) is 0 Å². The van der Waals surface area contributed by atoms with Gasteiger partial charge in [-0.1, -0.05) is 30.8 Å². The van der Waals surface area contributed by atoms with Crippen molar-refractivity contribution in [2.45, 2.75) is 25.4 Å². The Morgan fingerprint density at radius 1 is 1.47 bits per heavy atom. The first-order chi connectivity index (χ1) is 8.30. The molecule has 0 spiro atoms. The highest BCUT2D eigenvalue weighted by Crippen LogP contribution is 2.18. The third-order valence-electron chi connectivity index (χ3n) is 1.98. The van der Waals surface area contributed by atoms with Gasteiger partial charge in [-0.25, -0.2) is 4.98 Å². The fraction of sp³-hybridized carbons (Fsp3) is 0.500. The maximum absolute atomic E-state index is 5.52. The van der Waals surface area contributed by atoms with Gasteiger partial charge in [0.15, 0.2) is 5.16 Å². The highest BCUT2D eigenvalue weighted by molar-refractivity contribution is 7.98. The van der Waals surface area contributed by atoms with E-state index in [4.69, 9.17) is 4.74 Å². The van der Waals surface area contributed by atoms with Gasteiger partial charge in [-0.2, -0.15) is 4.98 Å². The van der Waals surface area contributed by atoms with Crippen molar-refractivity contribution in [2.75, 3.05) is 24.7 Å². The predicted octanol–water partition coefficient (Wildman–Crippen LogP) is 2.98. The quantitative estimate of drug-likeness (QED) is 0.460. The second-order valence-corrected chi connectivity index (χ2v) is 4.16. The van der Waals surface area contributed by atoms with Crippen molar-refractivity contribution >= 4 is 17.6 Å². The SMILES string of the molecule is C/C=C/COc1cc(NCCC)nc(SC)n1. The van der Waals surface area contributed by atoms with Gasteiger partial charge in [-0.3, -0.25) is 0 Å². The zero-order chi connectivity index (χ0) is 12.5. The molecular weight excluding hydrogens is 234 g/mol. The summed E-state index contributed by atoms with van der Waals surface area (Å²) >= 11 is 1.51. The Kier molecular flexibility index (Phi) is 6.47. The van der Waals surface area contributed by atoms with Crippen LogP contribution in [-0.2, 0) is 0 Å². The molecule has 0 saturated heterocycles. The van der Waals surface area contributed by atoms with E-state index in [0.29, 0.717) is 12.5 Å². The van der Waals surface area contributed by atoms with E-state index in [2.05, 4.69) is 22.2 Å². The van der Waals surface area contributed by atoms with Crippen LogP contribution in [-0.4, -0.2) is 29.4 Å². The lowest BCUT2D eigenvalue weighted by atomic mass is 10.4. The van der Waals surface area contributed by atoms with Crippen LogP contribution in [0.3, 0.4) is 0 Å². The van der Waals surface area contributed by atoms with Crippen LogP contribution in [0.2, 0.25) is 0 Å². The van der Waals surface area contributed by atoms with Crippen LogP contribution in [0, 0.1) is 0 Å². The van der Waals surface area contributed by atoms with Gasteiger partial charge in [0.1, 0.15) is 12.4 Å². The number of aromatic nitrogens is 2. The van der Waals surface area contributed by atoms with Crippen LogP contribution in [0.5, 0.6) is 5.88 Å². The standard InChI is InChI=1S/C12H19N3OS/c1-4-6-8-16-11-9-10(13-7-5-2)14-12(15-11)17-3/h4,6,9H,5,7-8H2,1-3H3,(H,13,14,15)/b6-4+. The molecule has 5 heteroatoms. The first-order valence-corrected chi connectivity index (χ1v) is 6.93. The topological polar surface area (TPSA) is 47.0 Å². The highest BCUT2D eigenvalue weighted by atomic mass is 32.2. The molecule has 0 unspecified atom stereocenters. The maximum atomic E-state index is 5.52. The van der Waals surface area contributed by atoms with Gasteiger partial charge in [0, 0.05) is 12.6 Å². The van der Waals surface area contributed by atoms with E-state index in [-0.39, 0.29) is 0 Å². The molecule has 1 aromatic heterocycles. The number of hydrogen-bond donors (Lipinski definition) is 1. The van der Waals surface area contributed by atoms with E-state index in [1.54, 1.807) is 0 Å². The fourth-order valence-electron chi connectivity index (χ4n) is 1.14. The van der Waals surface area contributed by atoms with Gasteiger partial charge in [-0.05, 0) is 19.6 Å². The summed E-state index contributed by atoms with van der Waals surface area (Å²) in [5.74, 6) is 1.43. The number of allylic oxidation sites excluding steroid dienone is 1. The first-order valence-electron chi connectivity index (χ1n) is 5.71. The summed E-state index contributed by atoms with van der Waals surface area (Å²) in [6, 6.07) is 1.83. The Hall–Kier alpha value is -1.23. The molecule has 0 aliphatic carbocycles. The van der Waals surface area contributed by atoms with E-state index >= 15 is 0 Å². The Labute approximate surface area is 107 Å². The maximum Gasteiger partial charge on any atom is 0.219 e. The Morgan fingerprint density at radius 3 is 2.94 bits per heavy atom. The van der Waals surface area contributed by atoms with Crippen LogP contribution >= 0.6 is 11.8 Å². The normalized spacial score (nSPS) is 10.8. The first kappa shape index (κ1) is 13.8. The number of nitrogens with zero attached hydrogens (tertiary/aromatic N) is 2. The molecule has 1 aromatic rings. The molecule has 17 heavy (non-hydrogen) atoms. The molecule has 1 heterocycles. The van der Waals surface area contributed by atoms with Crippen LogP contribution < -0.4 is 10.1 Å². The van der Waals surface area contributed by atoms with Crippen molar-refractivity contribution in [1.82, 2.24) is 9.97 Å². The molecule has 0 atom stereocenters. The number of hydrogen-bond acceptors (Lipinski definition) is 5. The number of rotatable bonds is 7. The summed E-state index contributed by atoms with van der Waals surface area (Å²) in [5, 5.41) is 3.96. The largest absolute Gasteiger partial charge is 0.473 e. The lowest BCUT2D eigenvalue weighted by molar-refractivity contribution is 0.344. The minimum Gasteiger partial charge on any atom is -0.473 e. The minimum absolute atomic E-state index is 0.536. The van der Waals surface area contributed by atoms with Crippen molar-refractivity contribution in [3.63, 3.8) is 0 Å². The molecule has 0 aliphatic rings. The summed E-state index contributed by atoms with van der Waals surface area (Å²) in [6.45, 7) is 5.52. The van der Waals surface area contributed by atoms with Crippen LogP contribution in [0.15, 0.2) is 23.4 Å². The summed E-state index contributed by atoms with van der Waals surface area (Å²) in [5.41, 5.74) is 0. The molecule has 1 rings (SSSR count). The van der Waals surface area contributed by atoms with Crippen molar-refractivity contribution in [2.24, 2.45) is 0 Å². The number of nitrogens with one attached hydrogen (secondary N) is 1. The van der Waals surface area contributed by atoms with Gasteiger partial charge >= 0.3 is 0 Å². The molecule has 0 radical (unpaired) electrons. The van der Waals surface area contributed by atoms with Crippen molar-refractivity contribution in [1.29, 1.82) is 0 Å². The third-order valence-corrected chi connectivity index (χ3v) is 2.53. The summed E-state index contributed by atoms with van der Waals surface area (Å²) < 4.78 is 5.52. The average molecular weight is 253 g/mol. The molecule has 0 fully saturated rings. The third kappa shape index (κ3) is 5.08. The Morgan fingerprint density at radius 2 is 2.29 bits per heavy atom. The predicted molar refractivity (Wildman–Crippen MR) is 72.9 cm³/mol. The number of anilines is 1. The van der Waals surface area contributed by atoms with E-state index in [1.807, 2.05) is 31.4 Å². The van der Waals surface area contributed by atoms with E-state index in [9.17, 15) is 0 Å².